The number of nitrogens with one attached hydrogen (secondary N) is 1. The highest BCUT2D eigenvalue weighted by molar-refractivity contribution is 8.00. The first-order chi connectivity index (χ1) is 11.1. The van der Waals surface area contributed by atoms with E-state index in [0.29, 0.717) is 17.5 Å². The Bertz CT molecular complexity index is 787. The van der Waals surface area contributed by atoms with Gasteiger partial charge in [-0.1, -0.05) is 46.8 Å². The zero-order valence-corrected chi connectivity index (χ0v) is 14.6. The lowest BCUT2D eigenvalue weighted by Gasteiger charge is -2.01. The summed E-state index contributed by atoms with van der Waals surface area (Å²) in [7, 11) is 1.88. The Morgan fingerprint density at radius 1 is 1.30 bits per heavy atom. The molecule has 2 heterocycles. The Balaban J connectivity index is 1.53. The summed E-state index contributed by atoms with van der Waals surface area (Å²) in [5, 5.41) is 12.8. The maximum Gasteiger partial charge on any atom is 0.206 e. The average Bonchev–Trinajstić information content (AvgIpc) is 3.13. The van der Waals surface area contributed by atoms with Crippen molar-refractivity contribution < 1.29 is 4.39 Å². The van der Waals surface area contributed by atoms with Crippen LogP contribution in [-0.2, 0) is 19.3 Å². The summed E-state index contributed by atoms with van der Waals surface area (Å²) in [5.41, 5.74) is 0.985. The van der Waals surface area contributed by atoms with Gasteiger partial charge in [-0.2, -0.15) is 0 Å². The van der Waals surface area contributed by atoms with Crippen molar-refractivity contribution in [2.24, 2.45) is 7.05 Å². The molecule has 120 valence electrons. The molecule has 0 saturated heterocycles. The first-order valence-electron chi connectivity index (χ1n) is 6.72. The van der Waals surface area contributed by atoms with Gasteiger partial charge in [0, 0.05) is 13.6 Å². The van der Waals surface area contributed by atoms with Crippen molar-refractivity contribution in [3.8, 4) is 0 Å². The Labute approximate surface area is 145 Å². The third kappa shape index (κ3) is 4.21. The third-order valence-corrected chi connectivity index (χ3v) is 5.48. The summed E-state index contributed by atoms with van der Waals surface area (Å²) in [6.07, 6.45) is 1.63. The summed E-state index contributed by atoms with van der Waals surface area (Å²) in [6.45, 7) is 0.578. The number of anilines is 1. The number of rotatable bonds is 6. The molecule has 0 atom stereocenters. The molecule has 3 aromatic rings. The monoisotopic (exact) mass is 369 g/mol. The second-order valence-corrected chi connectivity index (χ2v) is 7.29. The van der Waals surface area contributed by atoms with E-state index in [9.17, 15) is 4.39 Å². The lowest BCUT2D eigenvalue weighted by Crippen LogP contribution is -1.98. The van der Waals surface area contributed by atoms with Gasteiger partial charge < -0.3 is 9.88 Å². The van der Waals surface area contributed by atoms with E-state index in [4.69, 9.17) is 11.6 Å². The Morgan fingerprint density at radius 2 is 2.09 bits per heavy atom. The smallest absolute Gasteiger partial charge is 0.206 e. The fraction of sp³-hybridized carbons (Fsp3) is 0.214. The Morgan fingerprint density at radius 3 is 2.78 bits per heavy atom. The average molecular weight is 370 g/mol. The van der Waals surface area contributed by atoms with Crippen molar-refractivity contribution in [1.29, 1.82) is 0 Å². The molecule has 1 N–H and O–H groups in total. The molecule has 9 heteroatoms. The third-order valence-electron chi connectivity index (χ3n) is 3.12. The molecule has 0 radical (unpaired) electrons. The Kier molecular flexibility index (Phi) is 5.14. The summed E-state index contributed by atoms with van der Waals surface area (Å²) >= 11 is 8.99. The van der Waals surface area contributed by atoms with Gasteiger partial charge in [0.05, 0.1) is 11.9 Å². The molecule has 3 rings (SSSR count). The number of imidazole rings is 1. The van der Waals surface area contributed by atoms with Crippen LogP contribution in [0.3, 0.4) is 0 Å². The topological polar surface area (TPSA) is 55.6 Å². The largest absolute Gasteiger partial charge is 0.356 e. The van der Waals surface area contributed by atoms with Crippen LogP contribution in [-0.4, -0.2) is 19.7 Å². The van der Waals surface area contributed by atoms with Crippen molar-refractivity contribution in [1.82, 2.24) is 19.7 Å². The SMILES string of the molecule is Cn1c(Cl)cnc1CSc1nnc(NCc2ccc(F)cc2)s1. The molecule has 5 nitrogen and oxygen atoms in total. The second kappa shape index (κ2) is 7.29. The second-order valence-electron chi connectivity index (χ2n) is 4.70. The quantitative estimate of drug-likeness (QED) is 0.666. The lowest BCUT2D eigenvalue weighted by atomic mass is 10.2. The molecule has 1 aromatic carbocycles. The minimum Gasteiger partial charge on any atom is -0.356 e. The highest BCUT2D eigenvalue weighted by Crippen LogP contribution is 2.28. The summed E-state index contributed by atoms with van der Waals surface area (Å²) in [6, 6.07) is 6.36. The number of nitrogens with zero attached hydrogens (tertiary/aromatic N) is 4. The van der Waals surface area contributed by atoms with E-state index >= 15 is 0 Å². The van der Waals surface area contributed by atoms with Crippen molar-refractivity contribution in [2.75, 3.05) is 5.32 Å². The predicted octanol–water partition coefficient (Wildman–Crippen LogP) is 3.97. The van der Waals surface area contributed by atoms with Gasteiger partial charge in [-0.25, -0.2) is 9.37 Å². The van der Waals surface area contributed by atoms with Gasteiger partial charge in [-0.05, 0) is 17.7 Å². The van der Waals surface area contributed by atoms with Gasteiger partial charge in [0.2, 0.25) is 5.13 Å². The maximum absolute atomic E-state index is 12.8. The zero-order valence-electron chi connectivity index (χ0n) is 12.2. The van der Waals surface area contributed by atoms with Crippen LogP contribution in [0, 0.1) is 5.82 Å². The van der Waals surface area contributed by atoms with E-state index in [1.54, 1.807) is 30.1 Å². The van der Waals surface area contributed by atoms with Crippen LogP contribution >= 0.6 is 34.7 Å². The van der Waals surface area contributed by atoms with Crippen LogP contribution in [0.15, 0.2) is 34.8 Å². The molecule has 0 unspecified atom stereocenters. The molecule has 0 aliphatic heterocycles. The summed E-state index contributed by atoms with van der Waals surface area (Å²) in [5.74, 6) is 1.32. The minimum absolute atomic E-state index is 0.238. The molecule has 0 fully saturated rings. The van der Waals surface area contributed by atoms with Gasteiger partial charge in [0.15, 0.2) is 4.34 Å². The van der Waals surface area contributed by atoms with E-state index in [1.165, 1.54) is 23.5 Å². The first kappa shape index (κ1) is 16.2. The van der Waals surface area contributed by atoms with E-state index in [2.05, 4.69) is 20.5 Å². The van der Waals surface area contributed by atoms with Crippen LogP contribution in [0.25, 0.3) is 0 Å². The van der Waals surface area contributed by atoms with Gasteiger partial charge in [0.25, 0.3) is 0 Å². The fourth-order valence-corrected chi connectivity index (χ4v) is 3.69. The summed E-state index contributed by atoms with van der Waals surface area (Å²) < 4.78 is 15.5. The molecule has 0 spiro atoms. The highest BCUT2D eigenvalue weighted by Gasteiger charge is 2.09. The normalized spacial score (nSPS) is 10.9. The van der Waals surface area contributed by atoms with Crippen molar-refractivity contribution in [2.45, 2.75) is 16.6 Å². The van der Waals surface area contributed by atoms with Crippen LogP contribution in [0.5, 0.6) is 0 Å². The molecule has 0 amide bonds. The van der Waals surface area contributed by atoms with E-state index in [1.807, 2.05) is 11.6 Å². The van der Waals surface area contributed by atoms with Crippen molar-refractivity contribution >= 4 is 39.8 Å². The first-order valence-corrected chi connectivity index (χ1v) is 8.90. The molecule has 0 aliphatic carbocycles. The van der Waals surface area contributed by atoms with E-state index < -0.39 is 0 Å². The van der Waals surface area contributed by atoms with E-state index in [-0.39, 0.29) is 5.82 Å². The number of aromatic nitrogens is 4. The zero-order chi connectivity index (χ0) is 16.2. The summed E-state index contributed by atoms with van der Waals surface area (Å²) in [4.78, 5) is 4.24. The number of hydrogen-bond acceptors (Lipinski definition) is 6. The standard InChI is InChI=1S/C14H13ClFN5S2/c1-21-11(15)7-17-12(21)8-22-14-20-19-13(23-14)18-6-9-2-4-10(16)5-3-9/h2-5,7H,6,8H2,1H3,(H,18,19). The molecule has 23 heavy (non-hydrogen) atoms. The maximum atomic E-state index is 12.8. The highest BCUT2D eigenvalue weighted by atomic mass is 35.5. The molecular weight excluding hydrogens is 357 g/mol. The van der Waals surface area contributed by atoms with Crippen LogP contribution in [0.1, 0.15) is 11.4 Å². The van der Waals surface area contributed by atoms with Crippen LogP contribution in [0.4, 0.5) is 9.52 Å². The van der Waals surface area contributed by atoms with Gasteiger partial charge >= 0.3 is 0 Å². The van der Waals surface area contributed by atoms with Gasteiger partial charge in [0.1, 0.15) is 16.8 Å². The molecule has 0 bridgehead atoms. The fourth-order valence-electron chi connectivity index (χ4n) is 1.80. The molecule has 2 aromatic heterocycles. The molecular formula is C14H13ClFN5S2. The Hall–Kier alpha value is -1.64. The number of thioether (sulfide) groups is 1. The van der Waals surface area contributed by atoms with Crippen LogP contribution < -0.4 is 5.32 Å². The molecule has 0 saturated carbocycles. The van der Waals surface area contributed by atoms with Crippen molar-refractivity contribution in [3.05, 3.63) is 52.8 Å². The molecule has 0 aliphatic rings. The minimum atomic E-state index is -0.238. The van der Waals surface area contributed by atoms with Crippen LogP contribution in [0.2, 0.25) is 5.15 Å². The number of benzene rings is 1. The lowest BCUT2D eigenvalue weighted by molar-refractivity contribution is 0.627. The van der Waals surface area contributed by atoms with Gasteiger partial charge in [-0.3, -0.25) is 0 Å². The van der Waals surface area contributed by atoms with Gasteiger partial charge in [-0.15, -0.1) is 10.2 Å². The number of halogens is 2. The van der Waals surface area contributed by atoms with E-state index in [0.717, 1.165) is 20.9 Å². The van der Waals surface area contributed by atoms with Crippen molar-refractivity contribution in [3.63, 3.8) is 0 Å². The number of hydrogen-bond donors (Lipinski definition) is 1. The predicted molar refractivity (Wildman–Crippen MR) is 91.4 cm³/mol.